The first kappa shape index (κ1) is 13.4. The van der Waals surface area contributed by atoms with Crippen molar-refractivity contribution in [3.05, 3.63) is 42.0 Å². The maximum Gasteiger partial charge on any atom is 0.119 e. The van der Waals surface area contributed by atoms with Crippen molar-refractivity contribution < 1.29 is 9.47 Å². The van der Waals surface area contributed by atoms with Gasteiger partial charge in [-0.1, -0.05) is 18.2 Å². The van der Waals surface area contributed by atoms with Gasteiger partial charge in [0.25, 0.3) is 0 Å². The Kier molecular flexibility index (Phi) is 3.40. The summed E-state index contributed by atoms with van der Waals surface area (Å²) in [5.41, 5.74) is 1.11. The third-order valence-corrected chi connectivity index (χ3v) is 3.78. The first-order valence-electron chi connectivity index (χ1n) is 7.04. The van der Waals surface area contributed by atoms with E-state index in [2.05, 4.69) is 49.5 Å². The van der Waals surface area contributed by atoms with E-state index in [9.17, 15) is 0 Å². The summed E-state index contributed by atoms with van der Waals surface area (Å²) in [7, 11) is 1.69. The maximum absolute atomic E-state index is 6.17. The largest absolute Gasteiger partial charge is 0.497 e. The molecular formula is C17H21NO2. The van der Waals surface area contributed by atoms with Crippen molar-refractivity contribution in [2.45, 2.75) is 25.6 Å². The van der Waals surface area contributed by atoms with E-state index in [0.717, 1.165) is 18.8 Å². The summed E-state index contributed by atoms with van der Waals surface area (Å²) in [5, 5.41) is 5.85. The summed E-state index contributed by atoms with van der Waals surface area (Å²) >= 11 is 0. The number of nitrogens with one attached hydrogen (secondary N) is 1. The van der Waals surface area contributed by atoms with Crippen LogP contribution in [0.5, 0.6) is 5.75 Å². The molecule has 1 N–H and O–H groups in total. The third kappa shape index (κ3) is 2.65. The lowest BCUT2D eigenvalue weighted by Gasteiger charge is -2.37. The molecule has 0 aromatic heterocycles. The van der Waals surface area contributed by atoms with Crippen LogP contribution < -0.4 is 10.1 Å². The van der Waals surface area contributed by atoms with Gasteiger partial charge in [0, 0.05) is 13.1 Å². The molecule has 106 valence electrons. The maximum atomic E-state index is 6.17. The molecule has 0 aliphatic carbocycles. The molecule has 0 saturated carbocycles. The normalized spacial score (nSPS) is 21.9. The number of ether oxygens (including phenoxy) is 2. The fraction of sp³-hybridized carbons (Fsp3) is 0.412. The van der Waals surface area contributed by atoms with E-state index >= 15 is 0 Å². The SMILES string of the molecule is COc1ccc2cc(C3CNCC(C)(C)O3)ccc2c1. The average Bonchev–Trinajstić information content (AvgIpc) is 2.45. The van der Waals surface area contributed by atoms with Crippen LogP contribution in [-0.2, 0) is 4.74 Å². The van der Waals surface area contributed by atoms with Crippen LogP contribution in [-0.4, -0.2) is 25.8 Å². The molecule has 1 heterocycles. The molecule has 3 heteroatoms. The monoisotopic (exact) mass is 271 g/mol. The molecule has 0 amide bonds. The Morgan fingerprint density at radius 1 is 1.15 bits per heavy atom. The minimum atomic E-state index is -0.113. The van der Waals surface area contributed by atoms with Crippen molar-refractivity contribution in [2.75, 3.05) is 20.2 Å². The summed E-state index contributed by atoms with van der Waals surface area (Å²) in [6.45, 7) is 6.01. The van der Waals surface area contributed by atoms with Crippen molar-refractivity contribution in [1.29, 1.82) is 0 Å². The van der Waals surface area contributed by atoms with Gasteiger partial charge in [-0.15, -0.1) is 0 Å². The molecular weight excluding hydrogens is 250 g/mol. The Bertz CT molecular complexity index is 621. The van der Waals surface area contributed by atoms with Gasteiger partial charge >= 0.3 is 0 Å². The first-order chi connectivity index (χ1) is 9.57. The lowest BCUT2D eigenvalue weighted by molar-refractivity contribution is -0.0958. The van der Waals surface area contributed by atoms with Crippen molar-refractivity contribution in [3.63, 3.8) is 0 Å². The molecule has 1 atom stereocenters. The molecule has 1 unspecified atom stereocenters. The number of hydrogen-bond donors (Lipinski definition) is 1. The van der Waals surface area contributed by atoms with Crippen LogP contribution in [0, 0.1) is 0 Å². The van der Waals surface area contributed by atoms with Crippen molar-refractivity contribution >= 4 is 10.8 Å². The Hall–Kier alpha value is -1.58. The predicted molar refractivity (Wildman–Crippen MR) is 81.3 cm³/mol. The summed E-state index contributed by atoms with van der Waals surface area (Å²) in [6, 6.07) is 12.6. The molecule has 1 aliphatic heterocycles. The molecule has 2 aromatic rings. The zero-order chi connectivity index (χ0) is 14.2. The van der Waals surface area contributed by atoms with Gasteiger partial charge in [0.2, 0.25) is 0 Å². The van der Waals surface area contributed by atoms with Gasteiger partial charge in [-0.3, -0.25) is 0 Å². The van der Waals surface area contributed by atoms with Gasteiger partial charge in [-0.2, -0.15) is 0 Å². The minimum Gasteiger partial charge on any atom is -0.497 e. The summed E-state index contributed by atoms with van der Waals surface area (Å²) in [4.78, 5) is 0. The Balaban J connectivity index is 1.92. The standard InChI is InChI=1S/C17H21NO2/c1-17(2)11-18-10-16(20-17)14-5-4-13-9-15(19-3)7-6-12(13)8-14/h4-9,16,18H,10-11H2,1-3H3. The topological polar surface area (TPSA) is 30.5 Å². The fourth-order valence-electron chi connectivity index (χ4n) is 2.73. The Morgan fingerprint density at radius 3 is 2.65 bits per heavy atom. The lowest BCUT2D eigenvalue weighted by atomic mass is 10.00. The van der Waals surface area contributed by atoms with Crippen LogP contribution in [0.3, 0.4) is 0 Å². The second-order valence-electron chi connectivity index (χ2n) is 5.97. The number of hydrogen-bond acceptors (Lipinski definition) is 3. The molecule has 1 aliphatic rings. The van der Waals surface area contributed by atoms with Gasteiger partial charge in [-0.25, -0.2) is 0 Å². The lowest BCUT2D eigenvalue weighted by Crippen LogP contribution is -2.46. The number of morpholine rings is 1. The molecule has 1 saturated heterocycles. The second kappa shape index (κ2) is 5.08. The molecule has 2 aromatic carbocycles. The third-order valence-electron chi connectivity index (χ3n) is 3.78. The van der Waals surface area contributed by atoms with E-state index < -0.39 is 0 Å². The first-order valence-corrected chi connectivity index (χ1v) is 7.04. The van der Waals surface area contributed by atoms with Crippen molar-refractivity contribution in [1.82, 2.24) is 5.32 Å². The molecule has 1 fully saturated rings. The predicted octanol–water partition coefficient (Wildman–Crippen LogP) is 3.29. The van der Waals surface area contributed by atoms with E-state index in [0.29, 0.717) is 0 Å². The van der Waals surface area contributed by atoms with Gasteiger partial charge in [0.15, 0.2) is 0 Å². The van der Waals surface area contributed by atoms with Crippen LogP contribution in [0.4, 0.5) is 0 Å². The van der Waals surface area contributed by atoms with E-state index in [1.54, 1.807) is 7.11 Å². The molecule has 20 heavy (non-hydrogen) atoms. The number of fused-ring (bicyclic) bond motifs is 1. The van der Waals surface area contributed by atoms with Gasteiger partial charge in [0.05, 0.1) is 18.8 Å². The molecule has 0 bridgehead atoms. The number of benzene rings is 2. The smallest absolute Gasteiger partial charge is 0.119 e. The second-order valence-corrected chi connectivity index (χ2v) is 5.97. The highest BCUT2D eigenvalue weighted by molar-refractivity contribution is 5.84. The summed E-state index contributed by atoms with van der Waals surface area (Å²) in [6.07, 6.45) is 0.116. The highest BCUT2D eigenvalue weighted by Gasteiger charge is 2.29. The average molecular weight is 271 g/mol. The van der Waals surface area contributed by atoms with E-state index in [1.165, 1.54) is 16.3 Å². The van der Waals surface area contributed by atoms with Crippen molar-refractivity contribution in [2.24, 2.45) is 0 Å². The van der Waals surface area contributed by atoms with Gasteiger partial charge in [0.1, 0.15) is 5.75 Å². The zero-order valence-corrected chi connectivity index (χ0v) is 12.3. The van der Waals surface area contributed by atoms with E-state index in [-0.39, 0.29) is 11.7 Å². The molecule has 0 spiro atoms. The van der Waals surface area contributed by atoms with Gasteiger partial charge in [-0.05, 0) is 48.4 Å². The molecule has 3 rings (SSSR count). The Morgan fingerprint density at radius 2 is 1.90 bits per heavy atom. The van der Waals surface area contributed by atoms with Crippen LogP contribution in [0.25, 0.3) is 10.8 Å². The number of rotatable bonds is 2. The van der Waals surface area contributed by atoms with E-state index in [4.69, 9.17) is 9.47 Å². The zero-order valence-electron chi connectivity index (χ0n) is 12.3. The molecule has 0 radical (unpaired) electrons. The quantitative estimate of drug-likeness (QED) is 0.909. The molecule has 3 nitrogen and oxygen atoms in total. The van der Waals surface area contributed by atoms with Crippen LogP contribution >= 0.6 is 0 Å². The minimum absolute atomic E-state index is 0.113. The highest BCUT2D eigenvalue weighted by atomic mass is 16.5. The highest BCUT2D eigenvalue weighted by Crippen LogP contribution is 2.30. The van der Waals surface area contributed by atoms with Crippen LogP contribution in [0.15, 0.2) is 36.4 Å². The van der Waals surface area contributed by atoms with E-state index in [1.807, 2.05) is 6.07 Å². The van der Waals surface area contributed by atoms with Gasteiger partial charge < -0.3 is 14.8 Å². The van der Waals surface area contributed by atoms with Crippen LogP contribution in [0.1, 0.15) is 25.5 Å². The number of methoxy groups -OCH3 is 1. The fourth-order valence-corrected chi connectivity index (χ4v) is 2.73. The van der Waals surface area contributed by atoms with Crippen molar-refractivity contribution in [3.8, 4) is 5.75 Å². The summed E-state index contributed by atoms with van der Waals surface area (Å²) in [5.74, 6) is 0.891. The summed E-state index contributed by atoms with van der Waals surface area (Å²) < 4.78 is 11.4. The Labute approximate surface area is 119 Å². The van der Waals surface area contributed by atoms with Crippen LogP contribution in [0.2, 0.25) is 0 Å².